The van der Waals surface area contributed by atoms with Crippen molar-refractivity contribution >= 4 is 17.3 Å². The third-order valence-corrected chi connectivity index (χ3v) is 2.82. The van der Waals surface area contributed by atoms with Crippen LogP contribution in [0.15, 0.2) is 36.9 Å². The molecule has 0 saturated carbocycles. The minimum Gasteiger partial charge on any atom is -0.396 e. The second kappa shape index (κ2) is 5.43. The fourth-order valence-corrected chi connectivity index (χ4v) is 1.93. The summed E-state index contributed by atoms with van der Waals surface area (Å²) in [4.78, 5) is 15.2. The van der Waals surface area contributed by atoms with Gasteiger partial charge in [-0.05, 0) is 19.1 Å². The van der Waals surface area contributed by atoms with Crippen molar-refractivity contribution in [2.75, 3.05) is 11.1 Å². The summed E-state index contributed by atoms with van der Waals surface area (Å²) in [5.41, 5.74) is 12.6. The van der Waals surface area contributed by atoms with Crippen molar-refractivity contribution in [3.05, 3.63) is 42.5 Å². The van der Waals surface area contributed by atoms with E-state index in [0.717, 1.165) is 6.54 Å². The maximum atomic E-state index is 11.2. The van der Waals surface area contributed by atoms with E-state index in [-0.39, 0.29) is 6.04 Å². The van der Waals surface area contributed by atoms with Crippen molar-refractivity contribution in [3.8, 4) is 0 Å². The van der Waals surface area contributed by atoms with Crippen LogP contribution >= 0.6 is 0 Å². The van der Waals surface area contributed by atoms with Gasteiger partial charge in [0.15, 0.2) is 0 Å². The quantitative estimate of drug-likeness (QED) is 0.699. The molecule has 0 saturated heterocycles. The number of nitrogen functional groups attached to an aromatic ring is 1. The number of rotatable bonds is 5. The van der Waals surface area contributed by atoms with E-state index >= 15 is 0 Å². The standard InChI is InChI=1S/C13H17N5O/c1-9(7-18-6-5-16-8-18)17-11-4-2-3-10(12(11)14)13(15)19/h2-6,8-9,17H,7,14H2,1H3,(H2,15,19). The molecule has 1 atom stereocenters. The van der Waals surface area contributed by atoms with Crippen molar-refractivity contribution in [1.82, 2.24) is 9.55 Å². The molecule has 1 aromatic carbocycles. The number of carbonyl (C=O) groups excluding carboxylic acids is 1. The van der Waals surface area contributed by atoms with Gasteiger partial charge in [-0.15, -0.1) is 0 Å². The number of carbonyl (C=O) groups is 1. The van der Waals surface area contributed by atoms with Crippen molar-refractivity contribution in [2.24, 2.45) is 5.73 Å². The summed E-state index contributed by atoms with van der Waals surface area (Å²) in [5.74, 6) is -0.525. The number of anilines is 2. The molecule has 1 heterocycles. The first-order chi connectivity index (χ1) is 9.08. The Morgan fingerprint density at radius 2 is 2.32 bits per heavy atom. The fourth-order valence-electron chi connectivity index (χ4n) is 1.93. The molecule has 0 bridgehead atoms. The van der Waals surface area contributed by atoms with E-state index in [1.165, 1.54) is 0 Å². The van der Waals surface area contributed by atoms with Gasteiger partial charge in [-0.3, -0.25) is 4.79 Å². The lowest BCUT2D eigenvalue weighted by atomic mass is 10.1. The molecule has 19 heavy (non-hydrogen) atoms. The normalized spacial score (nSPS) is 12.1. The van der Waals surface area contributed by atoms with E-state index in [1.54, 1.807) is 24.7 Å². The predicted molar refractivity (Wildman–Crippen MR) is 74.7 cm³/mol. The maximum Gasteiger partial charge on any atom is 0.250 e. The number of benzene rings is 1. The van der Waals surface area contributed by atoms with Crippen LogP contribution in [0.5, 0.6) is 0 Å². The summed E-state index contributed by atoms with van der Waals surface area (Å²) in [6, 6.07) is 5.33. The van der Waals surface area contributed by atoms with Crippen LogP contribution in [0.4, 0.5) is 11.4 Å². The summed E-state index contributed by atoms with van der Waals surface area (Å²) >= 11 is 0. The molecule has 0 fully saturated rings. The monoisotopic (exact) mass is 259 g/mol. The number of aromatic nitrogens is 2. The van der Waals surface area contributed by atoms with Gasteiger partial charge in [-0.25, -0.2) is 4.98 Å². The number of nitrogens with one attached hydrogen (secondary N) is 1. The van der Waals surface area contributed by atoms with Gasteiger partial charge in [0.1, 0.15) is 0 Å². The van der Waals surface area contributed by atoms with E-state index in [1.807, 2.05) is 23.8 Å². The van der Waals surface area contributed by atoms with Crippen LogP contribution in [-0.2, 0) is 6.54 Å². The van der Waals surface area contributed by atoms with Gasteiger partial charge in [0.05, 0.1) is 23.3 Å². The number of hydrogen-bond acceptors (Lipinski definition) is 4. The van der Waals surface area contributed by atoms with Crippen LogP contribution in [0, 0.1) is 0 Å². The van der Waals surface area contributed by atoms with E-state index in [2.05, 4.69) is 10.3 Å². The Kier molecular flexibility index (Phi) is 3.70. The number of para-hydroxylation sites is 1. The molecule has 1 aromatic heterocycles. The van der Waals surface area contributed by atoms with E-state index in [9.17, 15) is 4.79 Å². The van der Waals surface area contributed by atoms with Gasteiger partial charge >= 0.3 is 0 Å². The number of amides is 1. The van der Waals surface area contributed by atoms with Crippen molar-refractivity contribution in [1.29, 1.82) is 0 Å². The number of nitrogens with zero attached hydrogens (tertiary/aromatic N) is 2. The molecule has 0 radical (unpaired) electrons. The molecule has 1 amide bonds. The van der Waals surface area contributed by atoms with Gasteiger partial charge < -0.3 is 21.4 Å². The minimum atomic E-state index is -0.525. The van der Waals surface area contributed by atoms with Crippen molar-refractivity contribution in [2.45, 2.75) is 19.5 Å². The zero-order valence-corrected chi connectivity index (χ0v) is 10.7. The highest BCUT2D eigenvalue weighted by Gasteiger charge is 2.11. The Balaban J connectivity index is 2.10. The molecule has 2 rings (SSSR count). The predicted octanol–water partition coefficient (Wildman–Crippen LogP) is 1.06. The molecule has 5 N–H and O–H groups in total. The lowest BCUT2D eigenvalue weighted by Crippen LogP contribution is -2.23. The SMILES string of the molecule is CC(Cn1ccnc1)Nc1cccc(C(N)=O)c1N. The molecular formula is C13H17N5O. The van der Waals surface area contributed by atoms with Crippen LogP contribution < -0.4 is 16.8 Å². The second-order valence-corrected chi connectivity index (χ2v) is 4.44. The molecule has 0 spiro atoms. The third-order valence-electron chi connectivity index (χ3n) is 2.82. The first-order valence-electron chi connectivity index (χ1n) is 5.98. The van der Waals surface area contributed by atoms with Crippen LogP contribution in [0.2, 0.25) is 0 Å². The number of primary amides is 1. The number of nitrogens with two attached hydrogens (primary N) is 2. The highest BCUT2D eigenvalue weighted by Crippen LogP contribution is 2.23. The largest absolute Gasteiger partial charge is 0.396 e. The second-order valence-electron chi connectivity index (χ2n) is 4.44. The summed E-state index contributed by atoms with van der Waals surface area (Å²) in [7, 11) is 0. The maximum absolute atomic E-state index is 11.2. The van der Waals surface area contributed by atoms with Crippen LogP contribution in [0.1, 0.15) is 17.3 Å². The highest BCUT2D eigenvalue weighted by molar-refractivity contribution is 6.00. The Hall–Kier alpha value is -2.50. The average Bonchev–Trinajstić information content (AvgIpc) is 2.84. The Bertz CT molecular complexity index is 564. The lowest BCUT2D eigenvalue weighted by molar-refractivity contribution is 0.100. The van der Waals surface area contributed by atoms with Gasteiger partial charge in [-0.2, -0.15) is 0 Å². The summed E-state index contributed by atoms with van der Waals surface area (Å²) < 4.78 is 1.96. The van der Waals surface area contributed by atoms with Gasteiger partial charge in [-0.1, -0.05) is 6.07 Å². The molecule has 0 aliphatic rings. The molecule has 2 aromatic rings. The Morgan fingerprint density at radius 1 is 1.53 bits per heavy atom. The molecule has 6 heteroatoms. The molecule has 1 unspecified atom stereocenters. The minimum absolute atomic E-state index is 0.139. The van der Waals surface area contributed by atoms with Crippen LogP contribution in [0.25, 0.3) is 0 Å². The van der Waals surface area contributed by atoms with Gasteiger partial charge in [0.2, 0.25) is 0 Å². The molecule has 0 aliphatic heterocycles. The molecule has 100 valence electrons. The fraction of sp³-hybridized carbons (Fsp3) is 0.231. The van der Waals surface area contributed by atoms with Crippen LogP contribution in [-0.4, -0.2) is 21.5 Å². The van der Waals surface area contributed by atoms with E-state index < -0.39 is 5.91 Å². The molecule has 6 nitrogen and oxygen atoms in total. The van der Waals surface area contributed by atoms with Gasteiger partial charge in [0.25, 0.3) is 5.91 Å². The number of hydrogen-bond donors (Lipinski definition) is 3. The smallest absolute Gasteiger partial charge is 0.250 e. The third kappa shape index (κ3) is 3.04. The zero-order valence-electron chi connectivity index (χ0n) is 10.7. The zero-order chi connectivity index (χ0) is 13.8. The summed E-state index contributed by atoms with van der Waals surface area (Å²) in [6.45, 7) is 2.77. The van der Waals surface area contributed by atoms with E-state index in [0.29, 0.717) is 16.9 Å². The first-order valence-corrected chi connectivity index (χ1v) is 5.98. The Morgan fingerprint density at radius 3 is 2.95 bits per heavy atom. The summed E-state index contributed by atoms with van der Waals surface area (Å²) in [6.07, 6.45) is 5.37. The average molecular weight is 259 g/mol. The van der Waals surface area contributed by atoms with Crippen LogP contribution in [0.3, 0.4) is 0 Å². The number of imidazole rings is 1. The summed E-state index contributed by atoms with van der Waals surface area (Å²) in [5, 5.41) is 3.26. The Labute approximate surface area is 111 Å². The highest BCUT2D eigenvalue weighted by atomic mass is 16.1. The van der Waals surface area contributed by atoms with Crippen molar-refractivity contribution < 1.29 is 4.79 Å². The molecule has 0 aliphatic carbocycles. The topological polar surface area (TPSA) is 99.0 Å². The first kappa shape index (κ1) is 12.9. The molecular weight excluding hydrogens is 242 g/mol. The van der Waals surface area contributed by atoms with Gasteiger partial charge in [0, 0.05) is 25.0 Å². The van der Waals surface area contributed by atoms with E-state index in [4.69, 9.17) is 11.5 Å². The van der Waals surface area contributed by atoms with Crippen molar-refractivity contribution in [3.63, 3.8) is 0 Å². The lowest BCUT2D eigenvalue weighted by Gasteiger charge is -2.18.